The molecule has 1 fully saturated rings. The van der Waals surface area contributed by atoms with Crippen LogP contribution >= 0.6 is 0 Å². The molecule has 0 radical (unpaired) electrons. The zero-order valence-corrected chi connectivity index (χ0v) is 11.0. The minimum atomic E-state index is 0.772. The van der Waals surface area contributed by atoms with E-state index in [1.54, 1.807) is 7.11 Å². The second kappa shape index (κ2) is 8.97. The fraction of sp³-hybridized carbons (Fsp3) is 1.00. The molecule has 1 aliphatic heterocycles. The number of hydrogen-bond donors (Lipinski definition) is 1. The summed E-state index contributed by atoms with van der Waals surface area (Å²) < 4.78 is 5.04. The van der Waals surface area contributed by atoms with E-state index in [-0.39, 0.29) is 0 Å². The van der Waals surface area contributed by atoms with Crippen LogP contribution in [0.3, 0.4) is 0 Å². The van der Waals surface area contributed by atoms with E-state index in [1.165, 1.54) is 45.2 Å². The van der Waals surface area contributed by atoms with Crippen molar-refractivity contribution in [3.05, 3.63) is 0 Å². The van der Waals surface area contributed by atoms with Crippen molar-refractivity contribution >= 4 is 0 Å². The lowest BCUT2D eigenvalue weighted by molar-refractivity contribution is 0.191. The largest absolute Gasteiger partial charge is 0.383 e. The van der Waals surface area contributed by atoms with Gasteiger partial charge in [-0.05, 0) is 32.4 Å². The van der Waals surface area contributed by atoms with Crippen LogP contribution in [0, 0.1) is 0 Å². The molecule has 0 bridgehead atoms. The Balaban J connectivity index is 2.08. The SMILES string of the molecule is CCCCCN1CCCC1CNCCOC. The molecule has 0 aliphatic carbocycles. The lowest BCUT2D eigenvalue weighted by Crippen LogP contribution is -2.39. The van der Waals surface area contributed by atoms with Crippen molar-refractivity contribution in [2.75, 3.05) is 39.9 Å². The van der Waals surface area contributed by atoms with Crippen LogP contribution in [-0.2, 0) is 4.74 Å². The smallest absolute Gasteiger partial charge is 0.0587 e. The lowest BCUT2D eigenvalue weighted by Gasteiger charge is -2.24. The average Bonchev–Trinajstić information content (AvgIpc) is 2.73. The fourth-order valence-corrected chi connectivity index (χ4v) is 2.43. The van der Waals surface area contributed by atoms with Gasteiger partial charge in [0, 0.05) is 26.2 Å². The van der Waals surface area contributed by atoms with Gasteiger partial charge in [0.1, 0.15) is 0 Å². The molecule has 0 aromatic rings. The van der Waals surface area contributed by atoms with Crippen molar-refractivity contribution < 1.29 is 4.74 Å². The second-order valence-corrected chi connectivity index (χ2v) is 4.74. The van der Waals surface area contributed by atoms with E-state index in [0.29, 0.717) is 0 Å². The van der Waals surface area contributed by atoms with Crippen LogP contribution in [0.15, 0.2) is 0 Å². The number of ether oxygens (including phenoxy) is 1. The van der Waals surface area contributed by atoms with E-state index in [4.69, 9.17) is 4.74 Å². The Hall–Kier alpha value is -0.120. The standard InChI is InChI=1S/C13H28N2O/c1-3-4-5-9-15-10-6-7-13(15)12-14-8-11-16-2/h13-14H,3-12H2,1-2H3. The van der Waals surface area contributed by atoms with Crippen LogP contribution in [0.1, 0.15) is 39.0 Å². The monoisotopic (exact) mass is 228 g/mol. The van der Waals surface area contributed by atoms with E-state index in [0.717, 1.165) is 25.7 Å². The molecule has 1 heterocycles. The van der Waals surface area contributed by atoms with Crippen LogP contribution < -0.4 is 5.32 Å². The molecule has 1 saturated heterocycles. The van der Waals surface area contributed by atoms with Crippen molar-refractivity contribution in [3.63, 3.8) is 0 Å². The highest BCUT2D eigenvalue weighted by atomic mass is 16.5. The Labute approximate surface area is 101 Å². The van der Waals surface area contributed by atoms with E-state index < -0.39 is 0 Å². The van der Waals surface area contributed by atoms with Crippen LogP contribution in [0.25, 0.3) is 0 Å². The van der Waals surface area contributed by atoms with Crippen LogP contribution in [0.2, 0.25) is 0 Å². The van der Waals surface area contributed by atoms with E-state index in [1.807, 2.05) is 0 Å². The third-order valence-corrected chi connectivity index (χ3v) is 3.41. The molecule has 16 heavy (non-hydrogen) atoms. The van der Waals surface area contributed by atoms with Gasteiger partial charge in [0.15, 0.2) is 0 Å². The summed E-state index contributed by atoms with van der Waals surface area (Å²) >= 11 is 0. The van der Waals surface area contributed by atoms with Gasteiger partial charge in [-0.3, -0.25) is 4.90 Å². The first-order valence-electron chi connectivity index (χ1n) is 6.82. The molecule has 1 aliphatic rings. The molecule has 0 aromatic heterocycles. The number of hydrogen-bond acceptors (Lipinski definition) is 3. The zero-order chi connectivity index (χ0) is 11.6. The zero-order valence-electron chi connectivity index (χ0n) is 11.0. The normalized spacial score (nSPS) is 21.8. The minimum absolute atomic E-state index is 0.772. The number of methoxy groups -OCH3 is 1. The molecule has 1 atom stereocenters. The average molecular weight is 228 g/mol. The van der Waals surface area contributed by atoms with Crippen molar-refractivity contribution in [2.24, 2.45) is 0 Å². The van der Waals surface area contributed by atoms with Crippen LogP contribution in [0.4, 0.5) is 0 Å². The van der Waals surface area contributed by atoms with E-state index >= 15 is 0 Å². The molecule has 1 N–H and O–H groups in total. The quantitative estimate of drug-likeness (QED) is 0.610. The summed E-state index contributed by atoms with van der Waals surface area (Å²) in [6.45, 7) is 7.81. The third-order valence-electron chi connectivity index (χ3n) is 3.41. The Bertz CT molecular complexity index is 164. The second-order valence-electron chi connectivity index (χ2n) is 4.74. The summed E-state index contributed by atoms with van der Waals surface area (Å²) in [4.78, 5) is 2.66. The molecule has 0 aromatic carbocycles. The summed E-state index contributed by atoms with van der Waals surface area (Å²) in [6.07, 6.45) is 6.81. The van der Waals surface area contributed by atoms with Gasteiger partial charge in [0.05, 0.1) is 6.61 Å². The Morgan fingerprint density at radius 1 is 1.38 bits per heavy atom. The van der Waals surface area contributed by atoms with Crippen LogP contribution in [0.5, 0.6) is 0 Å². The van der Waals surface area contributed by atoms with E-state index in [9.17, 15) is 0 Å². The van der Waals surface area contributed by atoms with Gasteiger partial charge in [-0.25, -0.2) is 0 Å². The first-order valence-corrected chi connectivity index (χ1v) is 6.82. The minimum Gasteiger partial charge on any atom is -0.383 e. The van der Waals surface area contributed by atoms with Crippen molar-refractivity contribution in [1.29, 1.82) is 0 Å². The topological polar surface area (TPSA) is 24.5 Å². The molecule has 1 unspecified atom stereocenters. The van der Waals surface area contributed by atoms with Gasteiger partial charge in [0.25, 0.3) is 0 Å². The van der Waals surface area contributed by atoms with Gasteiger partial charge in [-0.2, -0.15) is 0 Å². The molecule has 96 valence electrons. The molecule has 3 heteroatoms. The fourth-order valence-electron chi connectivity index (χ4n) is 2.43. The highest BCUT2D eigenvalue weighted by Crippen LogP contribution is 2.17. The summed E-state index contributed by atoms with van der Waals surface area (Å²) in [5, 5.41) is 3.48. The highest BCUT2D eigenvalue weighted by Gasteiger charge is 2.22. The van der Waals surface area contributed by atoms with Crippen molar-refractivity contribution in [1.82, 2.24) is 10.2 Å². The number of rotatable bonds is 9. The first kappa shape index (κ1) is 13.9. The number of unbranched alkanes of at least 4 members (excludes halogenated alkanes) is 2. The predicted molar refractivity (Wildman–Crippen MR) is 68.9 cm³/mol. The molecule has 3 nitrogen and oxygen atoms in total. The van der Waals surface area contributed by atoms with Crippen molar-refractivity contribution in [2.45, 2.75) is 45.1 Å². The van der Waals surface area contributed by atoms with Gasteiger partial charge < -0.3 is 10.1 Å². The summed E-state index contributed by atoms with van der Waals surface area (Å²) in [5.74, 6) is 0. The number of nitrogens with zero attached hydrogens (tertiary/aromatic N) is 1. The van der Waals surface area contributed by atoms with Gasteiger partial charge >= 0.3 is 0 Å². The Morgan fingerprint density at radius 2 is 2.25 bits per heavy atom. The third kappa shape index (κ3) is 5.28. The molecule has 1 rings (SSSR count). The van der Waals surface area contributed by atoms with E-state index in [2.05, 4.69) is 17.1 Å². The molecular formula is C13H28N2O. The van der Waals surface area contributed by atoms with Gasteiger partial charge in [0.2, 0.25) is 0 Å². The number of likely N-dealkylation sites (tertiary alicyclic amines) is 1. The summed E-state index contributed by atoms with van der Waals surface area (Å²) in [6, 6.07) is 0.772. The molecule has 0 saturated carbocycles. The van der Waals surface area contributed by atoms with Crippen LogP contribution in [-0.4, -0.2) is 50.8 Å². The maximum atomic E-state index is 5.04. The maximum Gasteiger partial charge on any atom is 0.0587 e. The Morgan fingerprint density at radius 3 is 3.00 bits per heavy atom. The maximum absolute atomic E-state index is 5.04. The summed E-state index contributed by atoms with van der Waals surface area (Å²) in [5.41, 5.74) is 0. The number of nitrogens with one attached hydrogen (secondary N) is 1. The summed E-state index contributed by atoms with van der Waals surface area (Å²) in [7, 11) is 1.76. The lowest BCUT2D eigenvalue weighted by atomic mass is 10.2. The predicted octanol–water partition coefficient (Wildman–Crippen LogP) is 1.88. The molecular weight excluding hydrogens is 200 g/mol. The molecule has 0 amide bonds. The van der Waals surface area contributed by atoms with Crippen molar-refractivity contribution in [3.8, 4) is 0 Å². The molecule has 0 spiro atoms. The highest BCUT2D eigenvalue weighted by molar-refractivity contribution is 4.80. The first-order chi connectivity index (χ1) is 7.88. The van der Waals surface area contributed by atoms with Gasteiger partial charge in [-0.1, -0.05) is 19.8 Å². The van der Waals surface area contributed by atoms with Gasteiger partial charge in [-0.15, -0.1) is 0 Å². The Kier molecular flexibility index (Phi) is 7.81.